The monoisotopic (exact) mass is 268 g/mol. The number of benzene rings is 2. The average Bonchev–Trinajstić information content (AvgIpc) is 2.03. The maximum Gasteiger partial charge on any atom is 0.0136 e. The van der Waals surface area contributed by atoms with Gasteiger partial charge < -0.3 is 0 Å². The van der Waals surface area contributed by atoms with Gasteiger partial charge in [0.15, 0.2) is 0 Å². The van der Waals surface area contributed by atoms with Crippen molar-refractivity contribution < 1.29 is 0 Å². The van der Waals surface area contributed by atoms with Crippen LogP contribution in [0.1, 0.15) is 5.56 Å². The first-order valence-electron chi connectivity index (χ1n) is 3.92. The van der Waals surface area contributed by atoms with Gasteiger partial charge in [0, 0.05) is 3.57 Å². The van der Waals surface area contributed by atoms with E-state index in [0.29, 0.717) is 0 Å². The van der Waals surface area contributed by atoms with E-state index in [9.17, 15) is 0 Å². The highest BCUT2D eigenvalue weighted by molar-refractivity contribution is 14.1. The van der Waals surface area contributed by atoms with E-state index in [1.54, 1.807) is 0 Å². The van der Waals surface area contributed by atoms with Gasteiger partial charge in [0.2, 0.25) is 0 Å². The molecule has 2 aromatic rings. The highest BCUT2D eigenvalue weighted by atomic mass is 127. The van der Waals surface area contributed by atoms with E-state index in [-0.39, 0.29) is 0 Å². The van der Waals surface area contributed by atoms with Gasteiger partial charge in [0.1, 0.15) is 0 Å². The average molecular weight is 268 g/mol. The molecule has 0 bridgehead atoms. The first kappa shape index (κ1) is 8.05. The molecule has 1 heteroatoms. The fourth-order valence-corrected chi connectivity index (χ4v) is 1.85. The van der Waals surface area contributed by atoms with E-state index in [0.717, 1.165) is 0 Å². The van der Waals surface area contributed by atoms with Gasteiger partial charge in [-0.1, -0.05) is 29.8 Å². The van der Waals surface area contributed by atoms with Crippen LogP contribution < -0.4 is 0 Å². The number of fused-ring (bicyclic) bond motifs is 1. The Morgan fingerprint density at radius 3 is 2.50 bits per heavy atom. The lowest BCUT2D eigenvalue weighted by atomic mass is 10.1. The second-order valence-corrected chi connectivity index (χ2v) is 4.24. The molecule has 0 aromatic heterocycles. The zero-order chi connectivity index (χ0) is 8.55. The molecule has 0 radical (unpaired) electrons. The Hall–Kier alpha value is -0.570. The number of aryl methyl sites for hydroxylation is 1. The zero-order valence-corrected chi connectivity index (χ0v) is 9.00. The van der Waals surface area contributed by atoms with Crippen LogP contribution in [-0.4, -0.2) is 0 Å². The molecule has 12 heavy (non-hydrogen) atoms. The summed E-state index contributed by atoms with van der Waals surface area (Å²) in [5, 5.41) is 2.66. The molecule has 0 spiro atoms. The third kappa shape index (κ3) is 1.46. The lowest BCUT2D eigenvalue weighted by molar-refractivity contribution is 1.50. The standard InChI is InChI=1S/C11H9I/c1-8-2-3-9-4-5-11(12)7-10(9)6-8/h2-7H,1H3. The minimum absolute atomic E-state index is 1.30. The SMILES string of the molecule is Cc1ccc2ccc(I)cc2c1. The minimum atomic E-state index is 1.30. The molecule has 0 amide bonds. The first-order valence-corrected chi connectivity index (χ1v) is 4.99. The van der Waals surface area contributed by atoms with Crippen LogP contribution >= 0.6 is 22.6 Å². The van der Waals surface area contributed by atoms with Gasteiger partial charge in [-0.3, -0.25) is 0 Å². The predicted molar refractivity (Wildman–Crippen MR) is 61.4 cm³/mol. The molecule has 0 saturated carbocycles. The summed E-state index contributed by atoms with van der Waals surface area (Å²) in [6, 6.07) is 13.0. The highest BCUT2D eigenvalue weighted by Crippen LogP contribution is 2.18. The lowest BCUT2D eigenvalue weighted by Crippen LogP contribution is -1.76. The third-order valence-electron chi connectivity index (χ3n) is 1.96. The molecule has 2 rings (SSSR count). The van der Waals surface area contributed by atoms with E-state index in [2.05, 4.69) is 65.9 Å². The van der Waals surface area contributed by atoms with Crippen molar-refractivity contribution in [1.29, 1.82) is 0 Å². The largest absolute Gasteiger partial charge is 0.0587 e. The Labute approximate surface area is 85.7 Å². The molecule has 0 fully saturated rings. The number of hydrogen-bond acceptors (Lipinski definition) is 0. The van der Waals surface area contributed by atoms with Gasteiger partial charge in [-0.2, -0.15) is 0 Å². The van der Waals surface area contributed by atoms with Crippen molar-refractivity contribution in [2.45, 2.75) is 6.92 Å². The molecule has 0 aliphatic carbocycles. The predicted octanol–water partition coefficient (Wildman–Crippen LogP) is 3.75. The molecule has 0 aliphatic heterocycles. The molecule has 0 N–H and O–H groups in total. The van der Waals surface area contributed by atoms with Crippen LogP contribution in [0, 0.1) is 10.5 Å². The molecule has 0 saturated heterocycles. The molecular weight excluding hydrogens is 259 g/mol. The van der Waals surface area contributed by atoms with E-state index in [1.165, 1.54) is 19.9 Å². The van der Waals surface area contributed by atoms with E-state index in [4.69, 9.17) is 0 Å². The normalized spacial score (nSPS) is 10.5. The van der Waals surface area contributed by atoms with E-state index >= 15 is 0 Å². The van der Waals surface area contributed by atoms with Gasteiger partial charge in [-0.05, 0) is 52.4 Å². The zero-order valence-electron chi connectivity index (χ0n) is 6.84. The summed E-state index contributed by atoms with van der Waals surface area (Å²) >= 11 is 2.34. The van der Waals surface area contributed by atoms with Gasteiger partial charge in [-0.25, -0.2) is 0 Å². The van der Waals surface area contributed by atoms with Crippen molar-refractivity contribution in [1.82, 2.24) is 0 Å². The fraction of sp³-hybridized carbons (Fsp3) is 0.0909. The molecule has 0 aliphatic rings. The van der Waals surface area contributed by atoms with Crippen molar-refractivity contribution >= 4 is 33.4 Å². The Kier molecular flexibility index (Phi) is 2.05. The van der Waals surface area contributed by atoms with Crippen molar-refractivity contribution in [3.05, 3.63) is 45.5 Å². The summed E-state index contributed by atoms with van der Waals surface area (Å²) in [5.74, 6) is 0. The van der Waals surface area contributed by atoms with Crippen LogP contribution in [-0.2, 0) is 0 Å². The summed E-state index contributed by atoms with van der Waals surface area (Å²) in [6.45, 7) is 2.12. The van der Waals surface area contributed by atoms with E-state index < -0.39 is 0 Å². The number of hydrogen-bond donors (Lipinski definition) is 0. The quantitative estimate of drug-likeness (QED) is 0.638. The smallest absolute Gasteiger partial charge is 0.0136 e. The van der Waals surface area contributed by atoms with Gasteiger partial charge in [0.25, 0.3) is 0 Å². The molecule has 0 atom stereocenters. The van der Waals surface area contributed by atoms with E-state index in [1.807, 2.05) is 0 Å². The Morgan fingerprint density at radius 2 is 1.67 bits per heavy atom. The minimum Gasteiger partial charge on any atom is -0.0587 e. The highest BCUT2D eigenvalue weighted by Gasteiger charge is 1.93. The van der Waals surface area contributed by atoms with Crippen LogP contribution in [0.3, 0.4) is 0 Å². The maximum absolute atomic E-state index is 2.34. The molecule has 0 heterocycles. The number of halogens is 1. The molecule has 0 nitrogen and oxygen atoms in total. The summed E-state index contributed by atoms with van der Waals surface area (Å²) in [6.07, 6.45) is 0. The summed E-state index contributed by atoms with van der Waals surface area (Å²) in [7, 11) is 0. The Bertz CT molecular complexity index is 382. The van der Waals surface area contributed by atoms with Crippen LogP contribution in [0.5, 0.6) is 0 Å². The maximum atomic E-state index is 2.34. The fourth-order valence-electron chi connectivity index (χ4n) is 1.34. The summed E-state index contributed by atoms with van der Waals surface area (Å²) < 4.78 is 1.30. The van der Waals surface area contributed by atoms with Gasteiger partial charge >= 0.3 is 0 Å². The second kappa shape index (κ2) is 3.05. The van der Waals surface area contributed by atoms with Gasteiger partial charge in [-0.15, -0.1) is 0 Å². The summed E-state index contributed by atoms with van der Waals surface area (Å²) in [4.78, 5) is 0. The van der Waals surface area contributed by atoms with Crippen LogP contribution in [0.4, 0.5) is 0 Å². The molecule has 2 aromatic carbocycles. The second-order valence-electron chi connectivity index (χ2n) is 2.99. The molecule has 60 valence electrons. The Morgan fingerprint density at radius 1 is 0.917 bits per heavy atom. The first-order chi connectivity index (χ1) is 5.75. The van der Waals surface area contributed by atoms with Crippen LogP contribution in [0.2, 0.25) is 0 Å². The molecule has 0 unspecified atom stereocenters. The van der Waals surface area contributed by atoms with Crippen LogP contribution in [0.15, 0.2) is 36.4 Å². The Balaban J connectivity index is 2.80. The molecular formula is C11H9I. The third-order valence-corrected chi connectivity index (χ3v) is 2.63. The summed E-state index contributed by atoms with van der Waals surface area (Å²) in [5.41, 5.74) is 1.32. The lowest BCUT2D eigenvalue weighted by Gasteiger charge is -1.99. The topological polar surface area (TPSA) is 0 Å². The van der Waals surface area contributed by atoms with Gasteiger partial charge in [0.05, 0.1) is 0 Å². The van der Waals surface area contributed by atoms with Crippen molar-refractivity contribution in [2.75, 3.05) is 0 Å². The van der Waals surface area contributed by atoms with Crippen molar-refractivity contribution in [3.63, 3.8) is 0 Å². The van der Waals surface area contributed by atoms with Crippen molar-refractivity contribution in [3.8, 4) is 0 Å². The van der Waals surface area contributed by atoms with Crippen LogP contribution in [0.25, 0.3) is 10.8 Å². The number of rotatable bonds is 0. The van der Waals surface area contributed by atoms with Crippen molar-refractivity contribution in [2.24, 2.45) is 0 Å².